The molecule has 7 heteroatoms. The lowest BCUT2D eigenvalue weighted by Crippen LogP contribution is -2.14. The Balaban J connectivity index is 0.000000195. The van der Waals surface area contributed by atoms with Gasteiger partial charge in [-0.2, -0.15) is 0 Å². The van der Waals surface area contributed by atoms with E-state index in [-0.39, 0.29) is 23.4 Å². The van der Waals surface area contributed by atoms with E-state index in [1.165, 1.54) is 0 Å². The van der Waals surface area contributed by atoms with Crippen LogP contribution in [0.3, 0.4) is 0 Å². The number of methoxy groups -OCH3 is 2. The van der Waals surface area contributed by atoms with Crippen molar-refractivity contribution in [2.75, 3.05) is 14.2 Å². The van der Waals surface area contributed by atoms with Gasteiger partial charge in [-0.25, -0.2) is 0 Å². The van der Waals surface area contributed by atoms with Crippen LogP contribution in [0.1, 0.15) is 70.1 Å². The van der Waals surface area contributed by atoms with E-state index in [4.69, 9.17) is 9.47 Å². The molecule has 0 saturated heterocycles. The van der Waals surface area contributed by atoms with Gasteiger partial charge in [-0.15, -0.1) is 5.92 Å². The average Bonchev–Trinajstić information content (AvgIpc) is 3.56. The van der Waals surface area contributed by atoms with Crippen molar-refractivity contribution in [1.82, 2.24) is 9.97 Å². The Morgan fingerprint density at radius 1 is 0.700 bits per heavy atom. The number of aromatic nitrogens is 2. The monoisotopic (exact) mass is 730 g/mol. The van der Waals surface area contributed by atoms with E-state index in [9.17, 15) is 9.59 Å². The molecule has 6 nitrogen and oxygen atoms in total. The number of ether oxygens (including phenoxy) is 2. The maximum atomic E-state index is 13.2. The zero-order valence-electron chi connectivity index (χ0n) is 29.8. The van der Waals surface area contributed by atoms with Crippen LogP contribution in [0.5, 0.6) is 0 Å². The van der Waals surface area contributed by atoms with Crippen molar-refractivity contribution < 1.29 is 19.1 Å². The third-order valence-electron chi connectivity index (χ3n) is 9.31. The predicted molar refractivity (Wildman–Crippen MR) is 202 cm³/mol. The molecule has 2 aliphatic carbocycles. The summed E-state index contributed by atoms with van der Waals surface area (Å²) in [5.41, 5.74) is 10.6. The molecule has 0 aliphatic heterocycles. The number of allylic oxidation sites excluding steroid dienone is 4. The van der Waals surface area contributed by atoms with Gasteiger partial charge in [0.15, 0.2) is 11.6 Å². The number of carbonyl (C=O) groups is 2. The zero-order chi connectivity index (χ0) is 35.9. The Labute approximate surface area is 304 Å². The number of ketones is 2. The normalized spacial score (nSPS) is 17.0. The molecule has 2 atom stereocenters. The summed E-state index contributed by atoms with van der Waals surface area (Å²) < 4.78 is 12.2. The number of aryl methyl sites for hydroxylation is 4. The number of rotatable bonds is 8. The van der Waals surface area contributed by atoms with E-state index in [1.54, 1.807) is 26.6 Å². The van der Waals surface area contributed by atoms with Crippen LogP contribution < -0.4 is 0 Å². The maximum Gasteiger partial charge on any atom is 0.170 e. The second kappa shape index (κ2) is 16.3. The summed E-state index contributed by atoms with van der Waals surface area (Å²) in [6, 6.07) is 19.8. The molecule has 50 heavy (non-hydrogen) atoms. The van der Waals surface area contributed by atoms with E-state index in [0.717, 1.165) is 77.5 Å². The van der Waals surface area contributed by atoms with Crippen molar-refractivity contribution in [3.05, 3.63) is 139 Å². The molecule has 0 amide bonds. The molecule has 6 rings (SSSR count). The van der Waals surface area contributed by atoms with Crippen LogP contribution in [0.25, 0.3) is 11.1 Å². The van der Waals surface area contributed by atoms with E-state index in [1.807, 2.05) is 95.3 Å². The van der Waals surface area contributed by atoms with Crippen molar-refractivity contribution in [3.8, 4) is 11.8 Å². The van der Waals surface area contributed by atoms with Gasteiger partial charge in [-0.3, -0.25) is 19.6 Å². The highest BCUT2D eigenvalue weighted by Crippen LogP contribution is 2.41. The molecule has 0 fully saturated rings. The first-order valence-corrected chi connectivity index (χ1v) is 17.6. The topological polar surface area (TPSA) is 78.4 Å². The molecule has 0 saturated carbocycles. The minimum Gasteiger partial charge on any atom is -0.500 e. The third kappa shape index (κ3) is 7.98. The smallest absolute Gasteiger partial charge is 0.170 e. The quantitative estimate of drug-likeness (QED) is 0.169. The number of nitrogens with zero attached hydrogens (tertiary/aromatic N) is 2. The van der Waals surface area contributed by atoms with Gasteiger partial charge in [0.05, 0.1) is 25.4 Å². The fraction of sp³-hybridized carbons (Fsp3) is 0.302. The minimum atomic E-state index is -0.122. The van der Waals surface area contributed by atoms with Gasteiger partial charge in [0.25, 0.3) is 0 Å². The number of hydrogen-bond acceptors (Lipinski definition) is 6. The molecule has 0 bridgehead atoms. The molecule has 0 spiro atoms. The van der Waals surface area contributed by atoms with Gasteiger partial charge in [0.2, 0.25) is 0 Å². The van der Waals surface area contributed by atoms with Crippen LogP contribution in [0.2, 0.25) is 0 Å². The van der Waals surface area contributed by atoms with Gasteiger partial charge in [-0.1, -0.05) is 34.0 Å². The number of halogens is 1. The largest absolute Gasteiger partial charge is 0.500 e. The number of Topliss-reactive ketones (excluding diaryl/α,β-unsaturated/α-hetero) is 2. The number of carbonyl (C=O) groups excluding carboxylic acids is 2. The molecule has 2 aromatic carbocycles. The molecule has 0 N–H and O–H groups in total. The summed E-state index contributed by atoms with van der Waals surface area (Å²) in [7, 11) is 3.29. The van der Waals surface area contributed by atoms with Crippen LogP contribution in [-0.2, 0) is 31.9 Å². The highest BCUT2D eigenvalue weighted by molar-refractivity contribution is 9.10. The Morgan fingerprint density at radius 3 is 1.48 bits per heavy atom. The number of pyridine rings is 2. The highest BCUT2D eigenvalue weighted by Gasteiger charge is 2.37. The van der Waals surface area contributed by atoms with Gasteiger partial charge in [0.1, 0.15) is 11.5 Å². The minimum absolute atomic E-state index is 0.104. The molecule has 2 aliphatic rings. The molecular formula is C43H43BrN2O4. The molecule has 2 unspecified atom stereocenters. The van der Waals surface area contributed by atoms with E-state index in [2.05, 4.69) is 37.7 Å². The Kier molecular flexibility index (Phi) is 11.9. The molecule has 4 aromatic rings. The summed E-state index contributed by atoms with van der Waals surface area (Å²) in [5, 5.41) is 0. The van der Waals surface area contributed by atoms with Gasteiger partial charge in [0, 0.05) is 71.3 Å². The molecular weight excluding hydrogens is 688 g/mol. The van der Waals surface area contributed by atoms with Crippen LogP contribution in [0.4, 0.5) is 0 Å². The SMILES string of the molecule is CC#Cc1cc(C)c(C2=C(OC)CC(Cc3ccccn3)C2=O)c(C)c1.COC1=C(c2c(C)cc(Br)cc2C)C(=O)C(Cc2ccccn2)C1. The lowest BCUT2D eigenvalue weighted by Gasteiger charge is -2.13. The average molecular weight is 732 g/mol. The summed E-state index contributed by atoms with van der Waals surface area (Å²) in [5.74, 6) is 7.66. The van der Waals surface area contributed by atoms with E-state index in [0.29, 0.717) is 25.7 Å². The van der Waals surface area contributed by atoms with Crippen LogP contribution in [0, 0.1) is 51.4 Å². The van der Waals surface area contributed by atoms with Crippen molar-refractivity contribution in [1.29, 1.82) is 0 Å². The number of hydrogen-bond donors (Lipinski definition) is 0. The van der Waals surface area contributed by atoms with Gasteiger partial charge >= 0.3 is 0 Å². The van der Waals surface area contributed by atoms with Crippen LogP contribution in [-0.4, -0.2) is 35.8 Å². The third-order valence-corrected chi connectivity index (χ3v) is 9.77. The molecule has 256 valence electrons. The van der Waals surface area contributed by atoms with E-state index >= 15 is 0 Å². The Hall–Kier alpha value is -4.80. The standard InChI is InChI=1S/C23H23NO2.C20H20BrNO2/c1-5-8-17-11-15(2)21(16(3)12-17)22-20(26-4)14-18(23(22)25)13-19-9-6-7-10-24-19;1-12-8-15(21)9-13(2)18(12)19-17(24-3)11-14(20(19)23)10-16-6-4-5-7-22-16/h6-7,9-12,18H,13-14H2,1-4H3;4-9,14H,10-11H2,1-3H3. The van der Waals surface area contributed by atoms with E-state index < -0.39 is 0 Å². The molecule has 2 heterocycles. The first-order valence-electron chi connectivity index (χ1n) is 16.8. The van der Waals surface area contributed by atoms with Crippen molar-refractivity contribution in [3.63, 3.8) is 0 Å². The first kappa shape index (κ1) is 36.5. The second-order valence-corrected chi connectivity index (χ2v) is 13.8. The van der Waals surface area contributed by atoms with Crippen molar-refractivity contribution in [2.24, 2.45) is 11.8 Å². The second-order valence-electron chi connectivity index (χ2n) is 12.9. The summed E-state index contributed by atoms with van der Waals surface area (Å²) in [6.07, 6.45) is 6.07. The fourth-order valence-electron chi connectivity index (χ4n) is 7.17. The highest BCUT2D eigenvalue weighted by atomic mass is 79.9. The maximum absolute atomic E-state index is 13.2. The van der Waals surface area contributed by atoms with Crippen LogP contribution >= 0.6 is 15.9 Å². The predicted octanol–water partition coefficient (Wildman–Crippen LogP) is 8.91. The molecule has 0 radical (unpaired) electrons. The Bertz CT molecular complexity index is 1990. The van der Waals surface area contributed by atoms with Gasteiger partial charge < -0.3 is 9.47 Å². The molecule has 2 aromatic heterocycles. The fourth-order valence-corrected chi connectivity index (χ4v) is 7.85. The summed E-state index contributed by atoms with van der Waals surface area (Å²) in [4.78, 5) is 35.0. The van der Waals surface area contributed by atoms with Gasteiger partial charge in [-0.05, 0) is 117 Å². The summed E-state index contributed by atoms with van der Waals surface area (Å²) >= 11 is 3.52. The van der Waals surface area contributed by atoms with Crippen molar-refractivity contribution in [2.45, 2.75) is 60.3 Å². The summed E-state index contributed by atoms with van der Waals surface area (Å²) in [6.45, 7) is 9.96. The number of benzene rings is 2. The van der Waals surface area contributed by atoms with Crippen molar-refractivity contribution >= 4 is 38.6 Å². The van der Waals surface area contributed by atoms with Crippen LogP contribution in [0.15, 0.2) is 89.0 Å². The zero-order valence-corrected chi connectivity index (χ0v) is 31.4. The lowest BCUT2D eigenvalue weighted by atomic mass is 9.89. The Morgan fingerprint density at radius 2 is 1.12 bits per heavy atom. The first-order chi connectivity index (χ1) is 24.1. The lowest BCUT2D eigenvalue weighted by molar-refractivity contribution is -0.117.